The van der Waals surface area contributed by atoms with E-state index in [9.17, 15) is 4.79 Å². The summed E-state index contributed by atoms with van der Waals surface area (Å²) >= 11 is 0. The Labute approximate surface area is 124 Å². The summed E-state index contributed by atoms with van der Waals surface area (Å²) in [7, 11) is 0. The Bertz CT molecular complexity index is 512. The number of carbonyl (C=O) groups excluding carboxylic acids is 1. The van der Waals surface area contributed by atoms with E-state index in [1.165, 1.54) is 0 Å². The van der Waals surface area contributed by atoms with E-state index in [0.717, 1.165) is 38.1 Å². The highest BCUT2D eigenvalue weighted by molar-refractivity contribution is 5.77. The van der Waals surface area contributed by atoms with Crippen LogP contribution in [0.25, 0.3) is 0 Å². The van der Waals surface area contributed by atoms with Crippen molar-refractivity contribution in [1.29, 1.82) is 0 Å². The number of hydrogen-bond acceptors (Lipinski definition) is 5. The fourth-order valence-corrected chi connectivity index (χ4v) is 2.89. The lowest BCUT2D eigenvalue weighted by Gasteiger charge is -2.38. The minimum Gasteiger partial charge on any atom is -0.372 e. The Balaban J connectivity index is 1.69. The molecule has 1 atom stereocenters. The number of hydrogen-bond donors (Lipinski definition) is 0. The quantitative estimate of drug-likeness (QED) is 0.829. The molecule has 0 bridgehead atoms. The molecule has 2 aliphatic rings. The van der Waals surface area contributed by atoms with Gasteiger partial charge in [-0.25, -0.2) is 0 Å². The van der Waals surface area contributed by atoms with Gasteiger partial charge in [0, 0.05) is 25.6 Å². The first-order valence-corrected chi connectivity index (χ1v) is 7.82. The van der Waals surface area contributed by atoms with Crippen LogP contribution in [0.4, 0.5) is 0 Å². The molecular formula is C15H23N3O3. The summed E-state index contributed by atoms with van der Waals surface area (Å²) in [5, 5.41) is 4.10. The molecule has 3 rings (SSSR count). The highest BCUT2D eigenvalue weighted by Gasteiger charge is 2.40. The predicted octanol–water partition coefficient (Wildman–Crippen LogP) is 1.86. The molecule has 2 fully saturated rings. The first-order chi connectivity index (χ1) is 10.1. The maximum atomic E-state index is 12.1. The van der Waals surface area contributed by atoms with Crippen LogP contribution >= 0.6 is 0 Å². The zero-order valence-corrected chi connectivity index (χ0v) is 12.8. The maximum Gasteiger partial charge on any atom is 0.248 e. The molecule has 2 heterocycles. The highest BCUT2D eigenvalue weighted by atomic mass is 16.5. The molecule has 1 amide bonds. The molecule has 1 aliphatic heterocycles. The molecule has 6 heteroatoms. The Morgan fingerprint density at radius 2 is 2.33 bits per heavy atom. The standard InChI is InChI=1S/C15H23N3O3/c1-3-20-9-12(19)18-8-4-7-15(2,10-18)14-16-13(17-21-14)11-5-6-11/h11H,3-10H2,1-2H3/t15-/m0/s1. The molecule has 1 aromatic rings. The summed E-state index contributed by atoms with van der Waals surface area (Å²) < 4.78 is 10.7. The van der Waals surface area contributed by atoms with E-state index < -0.39 is 0 Å². The SMILES string of the molecule is CCOCC(=O)N1CCC[C@](C)(c2nc(C3CC3)no2)C1. The van der Waals surface area contributed by atoms with E-state index in [-0.39, 0.29) is 17.9 Å². The topological polar surface area (TPSA) is 68.5 Å². The van der Waals surface area contributed by atoms with E-state index in [2.05, 4.69) is 17.1 Å². The van der Waals surface area contributed by atoms with Gasteiger partial charge >= 0.3 is 0 Å². The minimum atomic E-state index is -0.236. The highest BCUT2D eigenvalue weighted by Crippen LogP contribution is 2.40. The summed E-state index contributed by atoms with van der Waals surface area (Å²) in [5.74, 6) is 2.05. The van der Waals surface area contributed by atoms with Gasteiger partial charge in [0.15, 0.2) is 5.82 Å². The van der Waals surface area contributed by atoms with E-state index in [1.807, 2.05) is 11.8 Å². The van der Waals surface area contributed by atoms with Gasteiger partial charge in [0.25, 0.3) is 0 Å². The number of amides is 1. The van der Waals surface area contributed by atoms with Gasteiger partial charge in [0.05, 0.1) is 5.41 Å². The van der Waals surface area contributed by atoms with Crippen molar-refractivity contribution in [3.05, 3.63) is 11.7 Å². The molecule has 1 aliphatic carbocycles. The molecule has 0 unspecified atom stereocenters. The Hall–Kier alpha value is -1.43. The molecular weight excluding hydrogens is 270 g/mol. The lowest BCUT2D eigenvalue weighted by atomic mass is 9.81. The third-order valence-corrected chi connectivity index (χ3v) is 4.38. The number of aromatic nitrogens is 2. The molecule has 1 saturated carbocycles. The van der Waals surface area contributed by atoms with Gasteiger partial charge < -0.3 is 14.2 Å². The monoisotopic (exact) mass is 293 g/mol. The smallest absolute Gasteiger partial charge is 0.248 e. The lowest BCUT2D eigenvalue weighted by molar-refractivity contribution is -0.138. The zero-order valence-electron chi connectivity index (χ0n) is 12.8. The number of nitrogens with zero attached hydrogens (tertiary/aromatic N) is 3. The van der Waals surface area contributed by atoms with Crippen LogP contribution in [-0.2, 0) is 14.9 Å². The Morgan fingerprint density at radius 1 is 1.52 bits per heavy atom. The fourth-order valence-electron chi connectivity index (χ4n) is 2.89. The molecule has 0 spiro atoms. The first-order valence-electron chi connectivity index (χ1n) is 7.82. The van der Waals surface area contributed by atoms with E-state index >= 15 is 0 Å². The Kier molecular flexibility index (Phi) is 3.97. The van der Waals surface area contributed by atoms with Crippen molar-refractivity contribution in [2.75, 3.05) is 26.3 Å². The van der Waals surface area contributed by atoms with Crippen molar-refractivity contribution in [3.8, 4) is 0 Å². The van der Waals surface area contributed by atoms with Crippen LogP contribution in [0.5, 0.6) is 0 Å². The van der Waals surface area contributed by atoms with Crippen molar-refractivity contribution in [2.45, 2.75) is 50.9 Å². The lowest BCUT2D eigenvalue weighted by Crippen LogP contribution is -2.48. The zero-order chi connectivity index (χ0) is 14.9. The average molecular weight is 293 g/mol. The predicted molar refractivity (Wildman–Crippen MR) is 75.9 cm³/mol. The maximum absolute atomic E-state index is 12.1. The van der Waals surface area contributed by atoms with Crippen LogP contribution in [0, 0.1) is 0 Å². The van der Waals surface area contributed by atoms with Crippen LogP contribution in [-0.4, -0.2) is 47.3 Å². The molecule has 0 N–H and O–H groups in total. The second kappa shape index (κ2) is 5.75. The molecule has 0 aromatic carbocycles. The van der Waals surface area contributed by atoms with E-state index in [1.54, 1.807) is 0 Å². The van der Waals surface area contributed by atoms with Crippen LogP contribution in [0.2, 0.25) is 0 Å². The van der Waals surface area contributed by atoms with Crippen LogP contribution in [0.15, 0.2) is 4.52 Å². The number of rotatable bonds is 5. The number of likely N-dealkylation sites (tertiary alicyclic amines) is 1. The van der Waals surface area contributed by atoms with Crippen LogP contribution in [0.3, 0.4) is 0 Å². The van der Waals surface area contributed by atoms with Gasteiger partial charge in [-0.05, 0) is 39.5 Å². The minimum absolute atomic E-state index is 0.0460. The number of ether oxygens (including phenoxy) is 1. The fraction of sp³-hybridized carbons (Fsp3) is 0.800. The van der Waals surface area contributed by atoms with Crippen molar-refractivity contribution >= 4 is 5.91 Å². The van der Waals surface area contributed by atoms with Gasteiger partial charge in [0.1, 0.15) is 6.61 Å². The van der Waals surface area contributed by atoms with Gasteiger partial charge in [-0.3, -0.25) is 4.79 Å². The van der Waals surface area contributed by atoms with E-state index in [0.29, 0.717) is 25.0 Å². The first kappa shape index (κ1) is 14.5. The van der Waals surface area contributed by atoms with Gasteiger partial charge in [-0.2, -0.15) is 4.98 Å². The molecule has 1 saturated heterocycles. The summed E-state index contributed by atoms with van der Waals surface area (Å²) in [6, 6.07) is 0. The van der Waals surface area contributed by atoms with Crippen molar-refractivity contribution in [3.63, 3.8) is 0 Å². The van der Waals surface area contributed by atoms with Gasteiger partial charge in [-0.1, -0.05) is 5.16 Å². The molecule has 1 aromatic heterocycles. The second-order valence-electron chi connectivity index (χ2n) is 6.35. The summed E-state index contributed by atoms with van der Waals surface area (Å²) in [6.45, 7) is 6.13. The third-order valence-electron chi connectivity index (χ3n) is 4.38. The summed E-state index contributed by atoms with van der Waals surface area (Å²) in [6.07, 6.45) is 4.25. The van der Waals surface area contributed by atoms with Gasteiger partial charge in [0.2, 0.25) is 11.8 Å². The number of piperidine rings is 1. The Morgan fingerprint density at radius 3 is 3.05 bits per heavy atom. The number of carbonyl (C=O) groups is 1. The van der Waals surface area contributed by atoms with Crippen molar-refractivity contribution in [1.82, 2.24) is 15.0 Å². The second-order valence-corrected chi connectivity index (χ2v) is 6.35. The largest absolute Gasteiger partial charge is 0.372 e. The normalized spacial score (nSPS) is 26.1. The van der Waals surface area contributed by atoms with Crippen LogP contribution < -0.4 is 0 Å². The summed E-state index contributed by atoms with van der Waals surface area (Å²) in [5.41, 5.74) is -0.236. The van der Waals surface area contributed by atoms with Crippen molar-refractivity contribution in [2.24, 2.45) is 0 Å². The molecule has 6 nitrogen and oxygen atoms in total. The van der Waals surface area contributed by atoms with Crippen molar-refractivity contribution < 1.29 is 14.1 Å². The molecule has 116 valence electrons. The van der Waals surface area contributed by atoms with Gasteiger partial charge in [-0.15, -0.1) is 0 Å². The summed E-state index contributed by atoms with van der Waals surface area (Å²) in [4.78, 5) is 18.6. The average Bonchev–Trinajstić information content (AvgIpc) is 3.21. The van der Waals surface area contributed by atoms with E-state index in [4.69, 9.17) is 9.26 Å². The third kappa shape index (κ3) is 3.10. The molecule has 21 heavy (non-hydrogen) atoms. The van der Waals surface area contributed by atoms with Crippen LogP contribution in [0.1, 0.15) is 57.2 Å². The molecule has 0 radical (unpaired) electrons.